The topological polar surface area (TPSA) is 67.5 Å². The molecular formula is C12H9FO4S. The number of carbonyl (C=O) groups is 1. The van der Waals surface area contributed by atoms with E-state index in [1.165, 1.54) is 30.3 Å². The number of carboxylic acids is 1. The van der Waals surface area contributed by atoms with Crippen molar-refractivity contribution in [2.45, 2.75) is 10.8 Å². The summed E-state index contributed by atoms with van der Waals surface area (Å²) in [6.07, 6.45) is 0. The Morgan fingerprint density at radius 2 is 2.11 bits per heavy atom. The fourth-order valence-corrected chi connectivity index (χ4v) is 2.43. The molecule has 4 nitrogen and oxygen atoms in total. The molecule has 1 atom stereocenters. The maximum atomic E-state index is 12.9. The van der Waals surface area contributed by atoms with Crippen molar-refractivity contribution in [2.24, 2.45) is 0 Å². The molecule has 1 unspecified atom stereocenters. The average Bonchev–Trinajstić information content (AvgIpc) is 2.78. The third-order valence-corrected chi connectivity index (χ3v) is 3.47. The molecule has 0 spiro atoms. The molecule has 94 valence electrons. The molecule has 2 rings (SSSR count). The lowest BCUT2D eigenvalue weighted by Gasteiger charge is -1.99. The van der Waals surface area contributed by atoms with E-state index in [0.717, 1.165) is 0 Å². The molecule has 1 N–H and O–H groups in total. The Labute approximate surface area is 105 Å². The molecule has 0 radical (unpaired) electrons. The first-order chi connectivity index (χ1) is 8.56. The molecule has 1 aromatic heterocycles. The summed E-state index contributed by atoms with van der Waals surface area (Å²) in [5.74, 6) is -1.82. The number of halogens is 1. The fourth-order valence-electron chi connectivity index (χ4n) is 1.41. The van der Waals surface area contributed by atoms with E-state index in [4.69, 9.17) is 9.52 Å². The molecule has 0 aliphatic heterocycles. The van der Waals surface area contributed by atoms with Gasteiger partial charge in [-0.25, -0.2) is 9.18 Å². The number of furan rings is 1. The normalized spacial score (nSPS) is 12.3. The first-order valence-electron chi connectivity index (χ1n) is 5.02. The van der Waals surface area contributed by atoms with Gasteiger partial charge in [0.2, 0.25) is 5.76 Å². The molecule has 0 saturated heterocycles. The predicted octanol–water partition coefficient (Wildman–Crippen LogP) is 2.42. The van der Waals surface area contributed by atoms with Crippen LogP contribution in [-0.2, 0) is 16.6 Å². The Morgan fingerprint density at radius 1 is 1.33 bits per heavy atom. The highest BCUT2D eigenvalue weighted by molar-refractivity contribution is 7.84. The zero-order chi connectivity index (χ0) is 13.1. The van der Waals surface area contributed by atoms with Crippen LogP contribution in [-0.4, -0.2) is 15.3 Å². The Balaban J connectivity index is 2.14. The van der Waals surface area contributed by atoms with Crippen LogP contribution in [0.5, 0.6) is 0 Å². The van der Waals surface area contributed by atoms with E-state index in [9.17, 15) is 13.4 Å². The zero-order valence-corrected chi connectivity index (χ0v) is 9.95. The molecule has 1 aromatic carbocycles. The van der Waals surface area contributed by atoms with Gasteiger partial charge in [0, 0.05) is 0 Å². The van der Waals surface area contributed by atoms with Crippen LogP contribution >= 0.6 is 0 Å². The molecule has 2 aromatic rings. The summed E-state index contributed by atoms with van der Waals surface area (Å²) in [6, 6.07) is 8.31. The second-order valence-electron chi connectivity index (χ2n) is 3.54. The van der Waals surface area contributed by atoms with Gasteiger partial charge in [-0.3, -0.25) is 4.21 Å². The molecule has 0 saturated carbocycles. The van der Waals surface area contributed by atoms with Crippen molar-refractivity contribution in [1.29, 1.82) is 0 Å². The van der Waals surface area contributed by atoms with E-state index in [1.807, 2.05) is 0 Å². The Hall–Kier alpha value is -1.95. The number of hydrogen-bond donors (Lipinski definition) is 1. The van der Waals surface area contributed by atoms with Gasteiger partial charge in [-0.1, -0.05) is 12.1 Å². The van der Waals surface area contributed by atoms with E-state index in [0.29, 0.717) is 5.56 Å². The number of benzene rings is 1. The molecular weight excluding hydrogens is 259 g/mol. The summed E-state index contributed by atoms with van der Waals surface area (Å²) in [7, 11) is -1.54. The van der Waals surface area contributed by atoms with Gasteiger partial charge in [-0.05, 0) is 29.8 Å². The first-order valence-corrected chi connectivity index (χ1v) is 6.34. The van der Waals surface area contributed by atoms with E-state index < -0.39 is 22.6 Å². The van der Waals surface area contributed by atoms with Crippen LogP contribution < -0.4 is 0 Å². The van der Waals surface area contributed by atoms with Crippen molar-refractivity contribution in [3.8, 4) is 0 Å². The van der Waals surface area contributed by atoms with Gasteiger partial charge < -0.3 is 9.52 Å². The Morgan fingerprint density at radius 3 is 2.72 bits per heavy atom. The third-order valence-electron chi connectivity index (χ3n) is 2.20. The second kappa shape index (κ2) is 5.14. The van der Waals surface area contributed by atoms with Crippen molar-refractivity contribution in [3.05, 3.63) is 53.5 Å². The van der Waals surface area contributed by atoms with Crippen LogP contribution in [0.15, 0.2) is 45.9 Å². The van der Waals surface area contributed by atoms with Crippen LogP contribution in [0.25, 0.3) is 0 Å². The van der Waals surface area contributed by atoms with Crippen molar-refractivity contribution in [3.63, 3.8) is 0 Å². The lowest BCUT2D eigenvalue weighted by Crippen LogP contribution is -1.96. The molecule has 0 aliphatic rings. The minimum Gasteiger partial charge on any atom is -0.475 e. The minimum absolute atomic E-state index is 0.0664. The Bertz CT molecular complexity index is 606. The largest absolute Gasteiger partial charge is 0.475 e. The van der Waals surface area contributed by atoms with E-state index in [-0.39, 0.29) is 16.6 Å². The third kappa shape index (κ3) is 2.84. The van der Waals surface area contributed by atoms with Gasteiger partial charge in [0.15, 0.2) is 5.09 Å². The van der Waals surface area contributed by atoms with Gasteiger partial charge in [0.1, 0.15) is 5.82 Å². The van der Waals surface area contributed by atoms with Crippen molar-refractivity contribution in [1.82, 2.24) is 0 Å². The fraction of sp³-hybridized carbons (Fsp3) is 0.0833. The standard InChI is InChI=1S/C12H9FO4S/c13-9-3-1-2-8(6-9)7-18(16)11-5-4-10(17-11)12(14)15/h1-6H,7H2,(H,14,15). The van der Waals surface area contributed by atoms with E-state index in [1.54, 1.807) is 6.07 Å². The quantitative estimate of drug-likeness (QED) is 0.924. The molecule has 0 fully saturated rings. The van der Waals surface area contributed by atoms with Crippen molar-refractivity contribution < 1.29 is 22.9 Å². The van der Waals surface area contributed by atoms with E-state index in [2.05, 4.69) is 0 Å². The van der Waals surface area contributed by atoms with Crippen LogP contribution in [0, 0.1) is 5.82 Å². The molecule has 18 heavy (non-hydrogen) atoms. The highest BCUT2D eigenvalue weighted by Crippen LogP contribution is 2.16. The maximum Gasteiger partial charge on any atom is 0.371 e. The molecule has 6 heteroatoms. The summed E-state index contributed by atoms with van der Waals surface area (Å²) in [5, 5.41) is 8.73. The lowest BCUT2D eigenvalue weighted by atomic mass is 10.2. The predicted molar refractivity (Wildman–Crippen MR) is 62.2 cm³/mol. The molecule has 0 aliphatic carbocycles. The van der Waals surface area contributed by atoms with Crippen LogP contribution in [0.3, 0.4) is 0 Å². The number of rotatable bonds is 4. The van der Waals surface area contributed by atoms with Crippen LogP contribution in [0.2, 0.25) is 0 Å². The summed E-state index contributed by atoms with van der Waals surface area (Å²) >= 11 is 0. The summed E-state index contributed by atoms with van der Waals surface area (Å²) in [6.45, 7) is 0. The molecule has 0 bridgehead atoms. The van der Waals surface area contributed by atoms with Gasteiger partial charge in [-0.15, -0.1) is 0 Å². The van der Waals surface area contributed by atoms with Gasteiger partial charge in [-0.2, -0.15) is 0 Å². The number of aromatic carboxylic acids is 1. The van der Waals surface area contributed by atoms with E-state index >= 15 is 0 Å². The second-order valence-corrected chi connectivity index (χ2v) is 4.93. The zero-order valence-electron chi connectivity index (χ0n) is 9.13. The lowest BCUT2D eigenvalue weighted by molar-refractivity contribution is 0.0656. The Kier molecular flexibility index (Phi) is 3.57. The smallest absolute Gasteiger partial charge is 0.371 e. The van der Waals surface area contributed by atoms with Gasteiger partial charge >= 0.3 is 5.97 Å². The van der Waals surface area contributed by atoms with Crippen LogP contribution in [0.1, 0.15) is 16.1 Å². The average molecular weight is 268 g/mol. The highest BCUT2D eigenvalue weighted by Gasteiger charge is 2.14. The summed E-state index contributed by atoms with van der Waals surface area (Å²) < 4.78 is 29.7. The summed E-state index contributed by atoms with van der Waals surface area (Å²) in [4.78, 5) is 10.6. The number of hydrogen-bond acceptors (Lipinski definition) is 3. The minimum atomic E-state index is -1.54. The SMILES string of the molecule is O=C(O)c1ccc(S(=O)Cc2cccc(F)c2)o1. The first kappa shape index (κ1) is 12.5. The van der Waals surface area contributed by atoms with Crippen LogP contribution in [0.4, 0.5) is 4.39 Å². The van der Waals surface area contributed by atoms with Gasteiger partial charge in [0.05, 0.1) is 16.6 Å². The monoisotopic (exact) mass is 268 g/mol. The van der Waals surface area contributed by atoms with Crippen molar-refractivity contribution in [2.75, 3.05) is 0 Å². The maximum absolute atomic E-state index is 12.9. The van der Waals surface area contributed by atoms with Gasteiger partial charge in [0.25, 0.3) is 0 Å². The number of carboxylic acid groups (broad SMARTS) is 1. The highest BCUT2D eigenvalue weighted by atomic mass is 32.2. The van der Waals surface area contributed by atoms with Crippen molar-refractivity contribution >= 4 is 16.8 Å². The molecule has 1 heterocycles. The summed E-state index contributed by atoms with van der Waals surface area (Å²) in [5.41, 5.74) is 0.557. The molecule has 0 amide bonds.